The van der Waals surface area contributed by atoms with Crippen molar-refractivity contribution in [1.29, 1.82) is 0 Å². The highest BCUT2D eigenvalue weighted by Crippen LogP contribution is 2.36. The molecule has 104 valence electrons. The van der Waals surface area contributed by atoms with E-state index >= 15 is 0 Å². The summed E-state index contributed by atoms with van der Waals surface area (Å²) < 4.78 is 15.6. The van der Waals surface area contributed by atoms with Crippen LogP contribution >= 0.6 is 11.6 Å². The molecule has 6 heteroatoms. The van der Waals surface area contributed by atoms with Crippen molar-refractivity contribution in [2.24, 2.45) is 0 Å². The third kappa shape index (κ3) is 2.14. The molecule has 0 spiro atoms. The van der Waals surface area contributed by atoms with Gasteiger partial charge < -0.3 is 14.2 Å². The lowest BCUT2D eigenvalue weighted by Crippen LogP contribution is -2.09. The number of esters is 1. The number of aromatic nitrogens is 1. The summed E-state index contributed by atoms with van der Waals surface area (Å²) in [6, 6.07) is 5.30. The van der Waals surface area contributed by atoms with Gasteiger partial charge in [-0.25, -0.2) is 4.79 Å². The predicted octanol–water partition coefficient (Wildman–Crippen LogP) is 2.88. The maximum absolute atomic E-state index is 11.9. The molecule has 0 saturated carbocycles. The molecular weight excluding hydrogens is 282 g/mol. The Morgan fingerprint density at radius 2 is 2.10 bits per heavy atom. The van der Waals surface area contributed by atoms with Gasteiger partial charge in [0.25, 0.3) is 0 Å². The molecule has 1 aromatic heterocycles. The summed E-state index contributed by atoms with van der Waals surface area (Å²) >= 11 is 5.87. The van der Waals surface area contributed by atoms with Gasteiger partial charge in [0.15, 0.2) is 11.5 Å². The van der Waals surface area contributed by atoms with Gasteiger partial charge in [-0.3, -0.25) is 4.98 Å². The molecule has 0 unspecified atom stereocenters. The maximum Gasteiger partial charge on any atom is 0.340 e. The topological polar surface area (TPSA) is 57.7 Å². The molecule has 0 atom stereocenters. The van der Waals surface area contributed by atoms with Gasteiger partial charge >= 0.3 is 5.97 Å². The number of benzene rings is 1. The lowest BCUT2D eigenvalue weighted by molar-refractivity contribution is 0.0525. The lowest BCUT2D eigenvalue weighted by Gasteiger charge is -2.08. The first-order valence-electron chi connectivity index (χ1n) is 6.19. The van der Waals surface area contributed by atoms with E-state index in [1.807, 2.05) is 0 Å². The first-order valence-corrected chi connectivity index (χ1v) is 6.72. The first kappa shape index (κ1) is 13.0. The lowest BCUT2D eigenvalue weighted by atomic mass is 10.1. The largest absolute Gasteiger partial charge is 0.462 e. The number of hydrogen-bond donors (Lipinski definition) is 0. The molecule has 0 bridgehead atoms. The van der Waals surface area contributed by atoms with Crippen LogP contribution in [0.5, 0.6) is 11.5 Å². The average Bonchev–Trinajstić information content (AvgIpc) is 2.90. The van der Waals surface area contributed by atoms with Crippen molar-refractivity contribution >= 4 is 28.5 Å². The Labute approximate surface area is 120 Å². The van der Waals surface area contributed by atoms with Crippen LogP contribution in [0.3, 0.4) is 0 Å². The van der Waals surface area contributed by atoms with Gasteiger partial charge in [0, 0.05) is 11.5 Å². The van der Waals surface area contributed by atoms with Crippen molar-refractivity contribution in [3.8, 4) is 11.5 Å². The molecule has 0 saturated heterocycles. The van der Waals surface area contributed by atoms with Gasteiger partial charge in [0.1, 0.15) is 0 Å². The van der Waals surface area contributed by atoms with E-state index in [1.54, 1.807) is 25.1 Å². The van der Waals surface area contributed by atoms with Gasteiger partial charge in [-0.1, -0.05) is 0 Å². The second-order valence-electron chi connectivity index (χ2n) is 4.23. The van der Waals surface area contributed by atoms with Crippen LogP contribution in [0.25, 0.3) is 10.9 Å². The Bertz CT molecular complexity index is 686. The monoisotopic (exact) mass is 293 g/mol. The highest BCUT2D eigenvalue weighted by Gasteiger charge is 2.19. The molecule has 0 N–H and O–H groups in total. The quantitative estimate of drug-likeness (QED) is 0.643. The molecule has 20 heavy (non-hydrogen) atoms. The van der Waals surface area contributed by atoms with Gasteiger partial charge in [0.2, 0.25) is 6.79 Å². The number of hydrogen-bond acceptors (Lipinski definition) is 5. The number of rotatable bonds is 3. The van der Waals surface area contributed by atoms with Crippen LogP contribution in [0.2, 0.25) is 0 Å². The molecule has 1 aromatic carbocycles. The molecule has 0 fully saturated rings. The summed E-state index contributed by atoms with van der Waals surface area (Å²) in [7, 11) is 0. The minimum absolute atomic E-state index is 0.137. The number of ether oxygens (including phenoxy) is 3. The Kier molecular flexibility index (Phi) is 3.36. The van der Waals surface area contributed by atoms with Crippen LogP contribution in [-0.4, -0.2) is 24.4 Å². The predicted molar refractivity (Wildman–Crippen MR) is 73.4 cm³/mol. The van der Waals surface area contributed by atoms with Crippen LogP contribution in [0.4, 0.5) is 0 Å². The number of pyridine rings is 1. The average molecular weight is 294 g/mol. The highest BCUT2D eigenvalue weighted by atomic mass is 35.5. The smallest absolute Gasteiger partial charge is 0.340 e. The molecule has 1 aliphatic rings. The van der Waals surface area contributed by atoms with E-state index in [4.69, 9.17) is 25.8 Å². The van der Waals surface area contributed by atoms with E-state index in [0.717, 1.165) is 5.39 Å². The first-order chi connectivity index (χ1) is 9.72. The summed E-state index contributed by atoms with van der Waals surface area (Å²) in [5, 5.41) is 0.783. The van der Waals surface area contributed by atoms with Crippen LogP contribution in [0, 0.1) is 0 Å². The normalized spacial score (nSPS) is 12.7. The molecule has 0 radical (unpaired) electrons. The van der Waals surface area contributed by atoms with Gasteiger partial charge in [0.05, 0.1) is 29.3 Å². The van der Waals surface area contributed by atoms with E-state index in [0.29, 0.717) is 34.9 Å². The van der Waals surface area contributed by atoms with E-state index in [1.165, 1.54) is 0 Å². The molecule has 5 nitrogen and oxygen atoms in total. The number of alkyl halides is 1. The third-order valence-corrected chi connectivity index (χ3v) is 3.26. The SMILES string of the molecule is CCOC(=O)c1cc2cc3c(cc2nc1CCl)OCO3. The molecule has 0 aliphatic carbocycles. The van der Waals surface area contributed by atoms with Crippen LogP contribution < -0.4 is 9.47 Å². The summed E-state index contributed by atoms with van der Waals surface area (Å²) in [6.45, 7) is 2.25. The van der Waals surface area contributed by atoms with Crippen molar-refractivity contribution < 1.29 is 19.0 Å². The number of carbonyl (C=O) groups excluding carboxylic acids is 1. The standard InChI is InChI=1S/C14H12ClNO4/c1-2-18-14(17)9-3-8-4-12-13(20-7-19-12)5-10(8)16-11(9)6-15/h3-5H,2,6-7H2,1H3. The number of fused-ring (bicyclic) bond motifs is 2. The summed E-state index contributed by atoms with van der Waals surface area (Å²) in [5.74, 6) is 1.01. The Balaban J connectivity index is 2.15. The van der Waals surface area contributed by atoms with Crippen molar-refractivity contribution in [2.45, 2.75) is 12.8 Å². The fourth-order valence-electron chi connectivity index (χ4n) is 2.09. The molecular formula is C14H12ClNO4. The minimum Gasteiger partial charge on any atom is -0.462 e. The van der Waals surface area contributed by atoms with Gasteiger partial charge in [-0.2, -0.15) is 0 Å². The Morgan fingerprint density at radius 3 is 2.80 bits per heavy atom. The Morgan fingerprint density at radius 1 is 1.35 bits per heavy atom. The molecule has 0 amide bonds. The second kappa shape index (κ2) is 5.17. The fourth-order valence-corrected chi connectivity index (χ4v) is 2.30. The number of nitrogens with zero attached hydrogens (tertiary/aromatic N) is 1. The van der Waals surface area contributed by atoms with E-state index in [9.17, 15) is 4.79 Å². The van der Waals surface area contributed by atoms with Crippen LogP contribution in [0.15, 0.2) is 18.2 Å². The van der Waals surface area contributed by atoms with E-state index in [-0.39, 0.29) is 12.7 Å². The summed E-state index contributed by atoms with van der Waals surface area (Å²) in [5.41, 5.74) is 1.59. The van der Waals surface area contributed by atoms with Gasteiger partial charge in [-0.15, -0.1) is 11.6 Å². The van der Waals surface area contributed by atoms with Crippen LogP contribution in [0.1, 0.15) is 23.0 Å². The van der Waals surface area contributed by atoms with Gasteiger partial charge in [-0.05, 0) is 19.1 Å². The highest BCUT2D eigenvalue weighted by molar-refractivity contribution is 6.17. The molecule has 3 rings (SSSR count). The molecule has 2 aromatic rings. The minimum atomic E-state index is -0.421. The maximum atomic E-state index is 11.9. The molecule has 1 aliphatic heterocycles. The summed E-state index contributed by atoms with van der Waals surface area (Å²) in [4.78, 5) is 16.3. The Hall–Kier alpha value is -2.01. The van der Waals surface area contributed by atoms with Crippen LogP contribution in [-0.2, 0) is 10.6 Å². The van der Waals surface area contributed by atoms with Crippen molar-refractivity contribution in [3.05, 3.63) is 29.5 Å². The van der Waals surface area contributed by atoms with Crippen molar-refractivity contribution in [2.75, 3.05) is 13.4 Å². The number of halogens is 1. The van der Waals surface area contributed by atoms with Crippen molar-refractivity contribution in [1.82, 2.24) is 4.98 Å². The zero-order valence-corrected chi connectivity index (χ0v) is 11.6. The van der Waals surface area contributed by atoms with E-state index < -0.39 is 5.97 Å². The molecule has 2 heterocycles. The summed E-state index contributed by atoms with van der Waals surface area (Å²) in [6.07, 6.45) is 0. The third-order valence-electron chi connectivity index (χ3n) is 3.01. The van der Waals surface area contributed by atoms with E-state index in [2.05, 4.69) is 4.98 Å². The zero-order chi connectivity index (χ0) is 14.1. The van der Waals surface area contributed by atoms with Crippen molar-refractivity contribution in [3.63, 3.8) is 0 Å². The number of carbonyl (C=O) groups is 1. The fraction of sp³-hybridized carbons (Fsp3) is 0.286. The zero-order valence-electron chi connectivity index (χ0n) is 10.8. The second-order valence-corrected chi connectivity index (χ2v) is 4.50.